The van der Waals surface area contributed by atoms with Gasteiger partial charge in [0.25, 0.3) is 5.91 Å². The Balaban J connectivity index is 1.33. The number of carbonyl (C=O) groups is 1. The molecule has 6 rings (SSSR count). The Bertz CT molecular complexity index is 1380. The van der Waals surface area contributed by atoms with Crippen molar-refractivity contribution >= 4 is 33.2 Å². The lowest BCUT2D eigenvalue weighted by molar-refractivity contribution is -0.137. The third-order valence-electron chi connectivity index (χ3n) is 8.39. The van der Waals surface area contributed by atoms with E-state index in [0.29, 0.717) is 50.9 Å². The van der Waals surface area contributed by atoms with E-state index in [0.717, 1.165) is 30.2 Å². The maximum atomic E-state index is 14.0. The molecular formula is C24H28F3N5O4S2. The molecule has 4 aliphatic rings. The van der Waals surface area contributed by atoms with Gasteiger partial charge in [0.15, 0.2) is 0 Å². The molecule has 0 spiro atoms. The summed E-state index contributed by atoms with van der Waals surface area (Å²) in [6, 6.07) is 1.34. The number of hydrogen-bond donors (Lipinski definition) is 2. The third kappa shape index (κ3) is 4.11. The van der Waals surface area contributed by atoms with E-state index in [1.807, 2.05) is 4.90 Å². The Kier molecular flexibility index (Phi) is 6.05. The van der Waals surface area contributed by atoms with Crippen LogP contribution in [-0.4, -0.2) is 76.6 Å². The minimum atomic E-state index is -4.69. The molecule has 3 aliphatic heterocycles. The molecule has 1 saturated carbocycles. The number of nitrogens with one attached hydrogen (secondary N) is 1. The van der Waals surface area contributed by atoms with Crippen LogP contribution in [0.5, 0.6) is 0 Å². The molecule has 1 unspecified atom stereocenters. The van der Waals surface area contributed by atoms with Crippen LogP contribution in [0.1, 0.15) is 59.3 Å². The lowest BCUT2D eigenvalue weighted by atomic mass is 9.67. The number of nitrogens with zero attached hydrogens (tertiary/aromatic N) is 4. The average molecular weight is 572 g/mol. The molecule has 2 aromatic rings. The van der Waals surface area contributed by atoms with Gasteiger partial charge < -0.3 is 15.3 Å². The number of thiophene rings is 1. The number of piperidine rings is 1. The van der Waals surface area contributed by atoms with Crippen LogP contribution in [0.15, 0.2) is 12.3 Å². The number of aliphatic hydroxyl groups is 1. The highest BCUT2D eigenvalue weighted by atomic mass is 32.2. The molecule has 0 radical (unpaired) electrons. The Morgan fingerprint density at radius 2 is 1.92 bits per heavy atom. The molecule has 14 heteroatoms. The van der Waals surface area contributed by atoms with Crippen molar-refractivity contribution in [1.82, 2.24) is 19.2 Å². The van der Waals surface area contributed by atoms with Gasteiger partial charge in [-0.3, -0.25) is 4.79 Å². The van der Waals surface area contributed by atoms with Crippen LogP contribution >= 0.6 is 11.3 Å². The standard InChI is InChI=1S/C24H28F3N5O4S2/c1-38(35,36)31-7-3-14(4-8-31)29-22-28-12-17(24(25,26)27)19(30-22)18-11-16-20(37-18)23(13-9-15(33)10-13)5-2-6-32(23)21(16)34/h11-15,33H,2-10H2,1H3,(H,28,29,30). The van der Waals surface area contributed by atoms with Crippen molar-refractivity contribution in [3.63, 3.8) is 0 Å². The molecule has 0 bridgehead atoms. The summed E-state index contributed by atoms with van der Waals surface area (Å²) < 4.78 is 67.0. The third-order valence-corrected chi connectivity index (χ3v) is 11.0. The van der Waals surface area contributed by atoms with E-state index in [-0.39, 0.29) is 34.4 Å². The predicted molar refractivity (Wildman–Crippen MR) is 134 cm³/mol. The lowest BCUT2D eigenvalue weighted by Gasteiger charge is -2.46. The highest BCUT2D eigenvalue weighted by Gasteiger charge is 2.60. The van der Waals surface area contributed by atoms with E-state index >= 15 is 0 Å². The minimum Gasteiger partial charge on any atom is -0.393 e. The first-order chi connectivity index (χ1) is 17.9. The molecule has 1 amide bonds. The molecular weight excluding hydrogens is 543 g/mol. The maximum absolute atomic E-state index is 14.0. The zero-order chi connectivity index (χ0) is 27.0. The number of sulfonamides is 1. The van der Waals surface area contributed by atoms with Crippen molar-refractivity contribution in [2.75, 3.05) is 31.2 Å². The van der Waals surface area contributed by atoms with Gasteiger partial charge in [-0.25, -0.2) is 22.7 Å². The number of aromatic nitrogens is 2. The van der Waals surface area contributed by atoms with Gasteiger partial charge in [0.2, 0.25) is 16.0 Å². The van der Waals surface area contributed by atoms with E-state index in [1.54, 1.807) is 0 Å². The largest absolute Gasteiger partial charge is 0.420 e. The number of fused-ring (bicyclic) bond motifs is 3. The monoisotopic (exact) mass is 571 g/mol. The molecule has 5 heterocycles. The summed E-state index contributed by atoms with van der Waals surface area (Å²) in [5, 5.41) is 13.0. The summed E-state index contributed by atoms with van der Waals surface area (Å²) in [4.78, 5) is 24.4. The number of carbonyl (C=O) groups excluding carboxylic acids is 1. The predicted octanol–water partition coefficient (Wildman–Crippen LogP) is 3.28. The van der Waals surface area contributed by atoms with Crippen LogP contribution in [0.4, 0.5) is 19.1 Å². The number of amides is 1. The first kappa shape index (κ1) is 26.0. The zero-order valence-electron chi connectivity index (χ0n) is 20.7. The fraction of sp³-hybridized carbons (Fsp3) is 0.625. The fourth-order valence-corrected chi connectivity index (χ4v) is 8.78. The van der Waals surface area contributed by atoms with Crippen LogP contribution in [0.25, 0.3) is 10.6 Å². The van der Waals surface area contributed by atoms with E-state index in [2.05, 4.69) is 15.3 Å². The molecule has 9 nitrogen and oxygen atoms in total. The number of rotatable bonds is 5. The summed E-state index contributed by atoms with van der Waals surface area (Å²) in [6.45, 7) is 1.21. The molecule has 2 N–H and O–H groups in total. The van der Waals surface area contributed by atoms with Gasteiger partial charge >= 0.3 is 6.18 Å². The molecule has 1 atom stereocenters. The van der Waals surface area contributed by atoms with Gasteiger partial charge in [0.1, 0.15) is 5.56 Å². The van der Waals surface area contributed by atoms with E-state index < -0.39 is 33.4 Å². The minimum absolute atomic E-state index is 0.0324. The van der Waals surface area contributed by atoms with E-state index in [9.17, 15) is 31.5 Å². The van der Waals surface area contributed by atoms with Crippen LogP contribution in [0.2, 0.25) is 0 Å². The quantitative estimate of drug-likeness (QED) is 0.566. The molecule has 1 aliphatic carbocycles. The van der Waals surface area contributed by atoms with E-state index in [1.165, 1.54) is 21.7 Å². The first-order valence-corrected chi connectivity index (χ1v) is 15.3. The summed E-state index contributed by atoms with van der Waals surface area (Å²) >= 11 is 1.19. The highest BCUT2D eigenvalue weighted by molar-refractivity contribution is 7.88. The Hall–Kier alpha value is -2.29. The molecule has 3 fully saturated rings. The van der Waals surface area contributed by atoms with Crippen LogP contribution in [0, 0.1) is 5.92 Å². The Labute approximate surface area is 222 Å². The fourth-order valence-electron chi connectivity index (χ4n) is 6.44. The van der Waals surface area contributed by atoms with Crippen molar-refractivity contribution < 1.29 is 31.5 Å². The second-order valence-corrected chi connectivity index (χ2v) is 13.7. The van der Waals surface area contributed by atoms with Crippen LogP contribution in [-0.2, 0) is 21.7 Å². The smallest absolute Gasteiger partial charge is 0.393 e. The Morgan fingerprint density at radius 3 is 2.55 bits per heavy atom. The highest BCUT2D eigenvalue weighted by Crippen LogP contribution is 2.59. The second-order valence-electron chi connectivity index (χ2n) is 10.7. The number of alkyl halides is 3. The lowest BCUT2D eigenvalue weighted by Crippen LogP contribution is -2.50. The van der Waals surface area contributed by atoms with Crippen LogP contribution < -0.4 is 5.32 Å². The number of anilines is 1. The molecule has 0 aromatic carbocycles. The maximum Gasteiger partial charge on any atom is 0.420 e. The summed E-state index contributed by atoms with van der Waals surface area (Å²) in [5.41, 5.74) is -1.38. The van der Waals surface area contributed by atoms with Gasteiger partial charge in [0.05, 0.1) is 34.0 Å². The van der Waals surface area contributed by atoms with Gasteiger partial charge in [-0.15, -0.1) is 11.3 Å². The van der Waals surface area contributed by atoms with Crippen LogP contribution in [0.3, 0.4) is 0 Å². The normalized spacial score (nSPS) is 28.3. The topological polar surface area (TPSA) is 116 Å². The van der Waals surface area contributed by atoms with Crippen molar-refractivity contribution in [2.45, 2.75) is 62.4 Å². The number of hydrogen-bond acceptors (Lipinski definition) is 8. The van der Waals surface area contributed by atoms with Crippen molar-refractivity contribution in [1.29, 1.82) is 0 Å². The number of halogens is 3. The van der Waals surface area contributed by atoms with Gasteiger partial charge in [0, 0.05) is 36.8 Å². The number of aliphatic hydroxyl groups excluding tert-OH is 1. The summed E-state index contributed by atoms with van der Waals surface area (Å²) in [6.07, 6.45) is 0.458. The van der Waals surface area contributed by atoms with Gasteiger partial charge in [-0.2, -0.15) is 13.2 Å². The van der Waals surface area contributed by atoms with Crippen molar-refractivity contribution in [3.8, 4) is 10.6 Å². The molecule has 38 heavy (non-hydrogen) atoms. The molecule has 2 aromatic heterocycles. The average Bonchev–Trinajstić information content (AvgIpc) is 3.50. The van der Waals surface area contributed by atoms with Crippen molar-refractivity contribution in [3.05, 3.63) is 28.3 Å². The SMILES string of the molecule is CS(=O)(=O)N1CCC(Nc2ncc(C(F)(F)F)c(-c3cc4c(s3)C3(C5CC(O)C5)CCCN3C4=O)n2)CC1. The summed E-state index contributed by atoms with van der Waals surface area (Å²) in [5.74, 6) is -0.0517. The second kappa shape index (κ2) is 8.86. The van der Waals surface area contributed by atoms with Crippen molar-refractivity contribution in [2.24, 2.45) is 5.92 Å². The molecule has 206 valence electrons. The van der Waals surface area contributed by atoms with Gasteiger partial charge in [-0.1, -0.05) is 0 Å². The summed E-state index contributed by atoms with van der Waals surface area (Å²) in [7, 11) is -3.30. The Morgan fingerprint density at radius 1 is 1.21 bits per heavy atom. The molecule has 2 saturated heterocycles. The first-order valence-electron chi connectivity index (χ1n) is 12.7. The van der Waals surface area contributed by atoms with E-state index in [4.69, 9.17) is 0 Å². The zero-order valence-corrected chi connectivity index (χ0v) is 22.3. The van der Waals surface area contributed by atoms with Gasteiger partial charge in [-0.05, 0) is 50.5 Å².